The monoisotopic (exact) mass is 313 g/mol. The molecular weight excluding hydrogens is 274 g/mol. The molecule has 0 bridgehead atoms. The minimum Gasteiger partial charge on any atom is -0.466 e. The van der Waals surface area contributed by atoms with Crippen LogP contribution in [0, 0.1) is 0 Å². The molecule has 0 aliphatic heterocycles. The second-order valence-corrected chi connectivity index (χ2v) is 6.18. The van der Waals surface area contributed by atoms with E-state index in [-0.39, 0.29) is 5.97 Å². The Bertz CT molecular complexity index is 240. The van der Waals surface area contributed by atoms with Gasteiger partial charge in [-0.1, -0.05) is 72.1 Å². The van der Waals surface area contributed by atoms with Gasteiger partial charge in [0, 0.05) is 6.42 Å². The molecule has 0 radical (unpaired) electrons. The summed E-state index contributed by atoms with van der Waals surface area (Å²) in [5, 5.41) is 0. The first-order valence-corrected chi connectivity index (χ1v) is 9.62. The highest BCUT2D eigenvalue weighted by atomic mass is 16.5. The van der Waals surface area contributed by atoms with Crippen LogP contribution in [0.3, 0.4) is 0 Å². The van der Waals surface area contributed by atoms with E-state index in [2.05, 4.69) is 25.7 Å². The van der Waals surface area contributed by atoms with Crippen LogP contribution in [-0.2, 0) is 9.53 Å². The molecule has 0 aliphatic carbocycles. The summed E-state index contributed by atoms with van der Waals surface area (Å²) in [6.45, 7) is 10.3. The van der Waals surface area contributed by atoms with Crippen molar-refractivity contribution in [1.82, 2.24) is 4.90 Å². The highest BCUT2D eigenvalue weighted by Gasteiger charge is 2.04. The van der Waals surface area contributed by atoms with Gasteiger partial charge in [-0.15, -0.1) is 0 Å². The van der Waals surface area contributed by atoms with Crippen molar-refractivity contribution >= 4 is 5.97 Å². The minimum atomic E-state index is -0.0216. The average Bonchev–Trinajstić information content (AvgIpc) is 2.53. The lowest BCUT2D eigenvalue weighted by atomic mass is 10.1. The van der Waals surface area contributed by atoms with Crippen LogP contribution in [0.4, 0.5) is 0 Å². The fraction of sp³-hybridized carbons (Fsp3) is 0.947. The quantitative estimate of drug-likeness (QED) is 0.290. The molecule has 0 saturated carbocycles. The van der Waals surface area contributed by atoms with E-state index in [0.717, 1.165) is 32.5 Å². The Morgan fingerprint density at radius 3 is 1.86 bits per heavy atom. The molecule has 0 rings (SSSR count). The van der Waals surface area contributed by atoms with Crippen LogP contribution >= 0.6 is 0 Å². The maximum absolute atomic E-state index is 11.6. The van der Waals surface area contributed by atoms with E-state index >= 15 is 0 Å². The zero-order valence-electron chi connectivity index (χ0n) is 15.4. The Balaban J connectivity index is 3.25. The Hall–Kier alpha value is -0.570. The molecule has 0 saturated heterocycles. The van der Waals surface area contributed by atoms with Crippen LogP contribution < -0.4 is 0 Å². The molecule has 3 heteroatoms. The third kappa shape index (κ3) is 14.4. The average molecular weight is 314 g/mol. The van der Waals surface area contributed by atoms with Crippen LogP contribution in [0.2, 0.25) is 0 Å². The van der Waals surface area contributed by atoms with Gasteiger partial charge in [0.1, 0.15) is 0 Å². The number of hydrogen-bond donors (Lipinski definition) is 0. The molecule has 0 amide bonds. The second-order valence-electron chi connectivity index (χ2n) is 6.18. The molecule has 0 unspecified atom stereocenters. The summed E-state index contributed by atoms with van der Waals surface area (Å²) >= 11 is 0. The molecule has 0 aromatic rings. The highest BCUT2D eigenvalue weighted by Crippen LogP contribution is 2.09. The zero-order valence-corrected chi connectivity index (χ0v) is 15.4. The smallest absolute Gasteiger partial charge is 0.305 e. The van der Waals surface area contributed by atoms with Gasteiger partial charge in [-0.05, 0) is 32.5 Å². The van der Waals surface area contributed by atoms with Crippen molar-refractivity contribution in [3.63, 3.8) is 0 Å². The van der Waals surface area contributed by atoms with Gasteiger partial charge in [-0.3, -0.25) is 4.79 Å². The normalized spacial score (nSPS) is 11.1. The number of nitrogens with zero attached hydrogens (tertiary/aromatic N) is 1. The summed E-state index contributed by atoms with van der Waals surface area (Å²) in [5.41, 5.74) is 0. The van der Waals surface area contributed by atoms with Crippen LogP contribution in [0.25, 0.3) is 0 Å². The van der Waals surface area contributed by atoms with E-state index in [4.69, 9.17) is 4.74 Å². The molecule has 0 atom stereocenters. The molecule has 0 heterocycles. The van der Waals surface area contributed by atoms with Crippen molar-refractivity contribution in [2.75, 3.05) is 26.2 Å². The lowest BCUT2D eigenvalue weighted by molar-refractivity contribution is -0.143. The van der Waals surface area contributed by atoms with Gasteiger partial charge in [0.2, 0.25) is 0 Å². The Labute approximate surface area is 138 Å². The van der Waals surface area contributed by atoms with Crippen LogP contribution in [0.1, 0.15) is 91.4 Å². The van der Waals surface area contributed by atoms with Gasteiger partial charge in [-0.2, -0.15) is 0 Å². The number of rotatable bonds is 16. The third-order valence-electron chi connectivity index (χ3n) is 4.26. The molecule has 0 aromatic heterocycles. The summed E-state index contributed by atoms with van der Waals surface area (Å²) in [7, 11) is 0. The summed E-state index contributed by atoms with van der Waals surface area (Å²) < 4.78 is 5.29. The number of carbonyl (C=O) groups excluding carboxylic acids is 1. The van der Waals surface area contributed by atoms with Crippen molar-refractivity contribution < 1.29 is 9.53 Å². The minimum absolute atomic E-state index is 0.0216. The highest BCUT2D eigenvalue weighted by molar-refractivity contribution is 5.69. The summed E-state index contributed by atoms with van der Waals surface area (Å²) in [5.74, 6) is -0.0216. The standard InChI is InChI=1S/C19H39NO2/c1-4-7-8-9-10-11-12-13-14-18-22-19(21)16-15-17-20(5-2)6-3/h4-18H2,1-3H3. The summed E-state index contributed by atoms with van der Waals surface area (Å²) in [4.78, 5) is 13.9. The van der Waals surface area contributed by atoms with Crippen molar-refractivity contribution in [3.8, 4) is 0 Å². The molecule has 3 nitrogen and oxygen atoms in total. The van der Waals surface area contributed by atoms with Crippen LogP contribution in [-0.4, -0.2) is 37.1 Å². The molecule has 22 heavy (non-hydrogen) atoms. The molecular formula is C19H39NO2. The van der Waals surface area contributed by atoms with Crippen molar-refractivity contribution in [1.29, 1.82) is 0 Å². The molecule has 0 aromatic carbocycles. The Morgan fingerprint density at radius 1 is 0.773 bits per heavy atom. The van der Waals surface area contributed by atoms with Gasteiger partial charge in [0.05, 0.1) is 6.61 Å². The van der Waals surface area contributed by atoms with Gasteiger partial charge >= 0.3 is 5.97 Å². The predicted molar refractivity (Wildman–Crippen MR) is 95.2 cm³/mol. The maximum atomic E-state index is 11.6. The number of carbonyl (C=O) groups is 1. The maximum Gasteiger partial charge on any atom is 0.305 e. The van der Waals surface area contributed by atoms with Gasteiger partial charge < -0.3 is 9.64 Å². The fourth-order valence-electron chi connectivity index (χ4n) is 2.66. The molecule has 0 N–H and O–H groups in total. The lowest BCUT2D eigenvalue weighted by Gasteiger charge is -2.17. The predicted octanol–water partition coefficient (Wildman–Crippen LogP) is 5.18. The van der Waals surface area contributed by atoms with E-state index in [1.54, 1.807) is 0 Å². The first-order valence-electron chi connectivity index (χ1n) is 9.62. The molecule has 0 aliphatic rings. The Morgan fingerprint density at radius 2 is 1.32 bits per heavy atom. The first kappa shape index (κ1) is 21.4. The summed E-state index contributed by atoms with van der Waals surface area (Å²) in [6, 6.07) is 0. The first-order chi connectivity index (χ1) is 10.7. The van der Waals surface area contributed by atoms with E-state index < -0.39 is 0 Å². The van der Waals surface area contributed by atoms with Crippen molar-refractivity contribution in [3.05, 3.63) is 0 Å². The van der Waals surface area contributed by atoms with Gasteiger partial charge in [0.15, 0.2) is 0 Å². The number of unbranched alkanes of at least 4 members (excludes halogenated alkanes) is 8. The van der Waals surface area contributed by atoms with E-state index in [1.807, 2.05) is 0 Å². The van der Waals surface area contributed by atoms with Crippen molar-refractivity contribution in [2.45, 2.75) is 91.4 Å². The van der Waals surface area contributed by atoms with Gasteiger partial charge in [-0.25, -0.2) is 0 Å². The molecule has 0 spiro atoms. The topological polar surface area (TPSA) is 29.5 Å². The SMILES string of the molecule is CCCCCCCCCCCOC(=O)CCCN(CC)CC. The third-order valence-corrected chi connectivity index (χ3v) is 4.26. The van der Waals surface area contributed by atoms with Gasteiger partial charge in [0.25, 0.3) is 0 Å². The number of ether oxygens (including phenoxy) is 1. The number of esters is 1. The molecule has 0 fully saturated rings. The second kappa shape index (κ2) is 16.8. The summed E-state index contributed by atoms with van der Waals surface area (Å²) in [6.07, 6.45) is 13.2. The largest absolute Gasteiger partial charge is 0.466 e. The van der Waals surface area contributed by atoms with E-state index in [0.29, 0.717) is 13.0 Å². The van der Waals surface area contributed by atoms with E-state index in [9.17, 15) is 4.79 Å². The van der Waals surface area contributed by atoms with Crippen molar-refractivity contribution in [2.24, 2.45) is 0 Å². The zero-order chi connectivity index (χ0) is 16.5. The van der Waals surface area contributed by atoms with Crippen LogP contribution in [0.5, 0.6) is 0 Å². The lowest BCUT2D eigenvalue weighted by Crippen LogP contribution is -2.24. The molecule has 132 valence electrons. The fourth-order valence-corrected chi connectivity index (χ4v) is 2.66. The van der Waals surface area contributed by atoms with Crippen LogP contribution in [0.15, 0.2) is 0 Å². The Kier molecular flexibility index (Phi) is 16.4. The number of hydrogen-bond acceptors (Lipinski definition) is 3. The van der Waals surface area contributed by atoms with E-state index in [1.165, 1.54) is 51.4 Å².